The van der Waals surface area contributed by atoms with Gasteiger partial charge in [0.2, 0.25) is 5.88 Å². The van der Waals surface area contributed by atoms with Crippen molar-refractivity contribution in [1.29, 1.82) is 0 Å². The second-order valence-corrected chi connectivity index (χ2v) is 4.86. The molecule has 3 heteroatoms. The molecule has 0 saturated heterocycles. The summed E-state index contributed by atoms with van der Waals surface area (Å²) in [7, 11) is 0. The topological polar surface area (TPSA) is 42.1 Å². The summed E-state index contributed by atoms with van der Waals surface area (Å²) in [5, 5.41) is 1.06. The van der Waals surface area contributed by atoms with E-state index in [0.29, 0.717) is 12.3 Å². The highest BCUT2D eigenvalue weighted by Crippen LogP contribution is 2.20. The molecule has 2 rings (SSSR count). The second-order valence-electron chi connectivity index (χ2n) is 4.86. The van der Waals surface area contributed by atoms with Crippen LogP contribution in [0.5, 0.6) is 5.88 Å². The van der Waals surface area contributed by atoms with E-state index < -0.39 is 0 Å². The Hall–Kier alpha value is -1.77. The van der Waals surface area contributed by atoms with Gasteiger partial charge in [0.1, 0.15) is 0 Å². The van der Waals surface area contributed by atoms with Crippen molar-refractivity contribution in [3.05, 3.63) is 30.3 Å². The number of carbonyl (C=O) groups is 1. The standard InChI is InChI=1S/C16H21NO2/c1-2-3-4-5-6-11-16(18)19-15-12-13-9-7-8-10-14(13)17-15/h7-10,12,17H,2-6,11H2,1H3. The van der Waals surface area contributed by atoms with Crippen LogP contribution in [0.1, 0.15) is 45.4 Å². The van der Waals surface area contributed by atoms with Crippen molar-refractivity contribution in [2.24, 2.45) is 0 Å². The molecule has 0 unspecified atom stereocenters. The summed E-state index contributed by atoms with van der Waals surface area (Å²) in [4.78, 5) is 14.8. The van der Waals surface area contributed by atoms with Crippen LogP contribution in [0.25, 0.3) is 10.9 Å². The van der Waals surface area contributed by atoms with Gasteiger partial charge >= 0.3 is 5.97 Å². The van der Waals surface area contributed by atoms with Crippen LogP contribution in [0.3, 0.4) is 0 Å². The molecule has 0 fully saturated rings. The molecule has 0 aliphatic carbocycles. The predicted octanol–water partition coefficient (Wildman–Crippen LogP) is 4.43. The largest absolute Gasteiger partial charge is 0.409 e. The van der Waals surface area contributed by atoms with E-state index in [4.69, 9.17) is 4.74 Å². The van der Waals surface area contributed by atoms with E-state index in [1.54, 1.807) is 0 Å². The van der Waals surface area contributed by atoms with Crippen molar-refractivity contribution in [2.75, 3.05) is 0 Å². The number of esters is 1. The normalized spacial score (nSPS) is 10.8. The maximum atomic E-state index is 11.7. The van der Waals surface area contributed by atoms with Crippen LogP contribution in [-0.2, 0) is 4.79 Å². The fraction of sp³-hybridized carbons (Fsp3) is 0.438. The van der Waals surface area contributed by atoms with Gasteiger partial charge < -0.3 is 9.72 Å². The first-order chi connectivity index (χ1) is 9.29. The first-order valence-electron chi connectivity index (χ1n) is 7.08. The van der Waals surface area contributed by atoms with Gasteiger partial charge in [0.25, 0.3) is 0 Å². The molecule has 0 atom stereocenters. The maximum absolute atomic E-state index is 11.7. The number of H-pyrrole nitrogens is 1. The highest BCUT2D eigenvalue weighted by atomic mass is 16.5. The van der Waals surface area contributed by atoms with Gasteiger partial charge in [-0.3, -0.25) is 4.79 Å². The van der Waals surface area contributed by atoms with Crippen LogP contribution in [-0.4, -0.2) is 11.0 Å². The summed E-state index contributed by atoms with van der Waals surface area (Å²) in [5.41, 5.74) is 0.994. The zero-order valence-corrected chi connectivity index (χ0v) is 11.4. The van der Waals surface area contributed by atoms with Gasteiger partial charge in [0, 0.05) is 23.4 Å². The molecular formula is C16H21NO2. The van der Waals surface area contributed by atoms with E-state index in [-0.39, 0.29) is 5.97 Å². The molecule has 1 aromatic carbocycles. The van der Waals surface area contributed by atoms with Crippen LogP contribution in [0.2, 0.25) is 0 Å². The van der Waals surface area contributed by atoms with E-state index in [9.17, 15) is 4.79 Å². The minimum Gasteiger partial charge on any atom is -0.409 e. The zero-order valence-electron chi connectivity index (χ0n) is 11.4. The molecule has 0 radical (unpaired) electrons. The number of aromatic amines is 1. The van der Waals surface area contributed by atoms with E-state index in [0.717, 1.165) is 23.7 Å². The SMILES string of the molecule is CCCCCCCC(=O)Oc1cc2ccccc2[nH]1. The molecule has 1 heterocycles. The van der Waals surface area contributed by atoms with Crippen LogP contribution in [0.4, 0.5) is 0 Å². The van der Waals surface area contributed by atoms with Crippen molar-refractivity contribution in [2.45, 2.75) is 45.4 Å². The minimum atomic E-state index is -0.150. The monoisotopic (exact) mass is 259 g/mol. The first-order valence-corrected chi connectivity index (χ1v) is 7.08. The lowest BCUT2D eigenvalue weighted by Crippen LogP contribution is -2.07. The fourth-order valence-electron chi connectivity index (χ4n) is 2.15. The molecule has 0 amide bonds. The lowest BCUT2D eigenvalue weighted by Gasteiger charge is -2.01. The average molecular weight is 259 g/mol. The Morgan fingerprint density at radius 2 is 1.95 bits per heavy atom. The van der Waals surface area contributed by atoms with E-state index >= 15 is 0 Å². The predicted molar refractivity (Wildman–Crippen MR) is 77.3 cm³/mol. The number of unbranched alkanes of at least 4 members (excludes halogenated alkanes) is 4. The number of carbonyl (C=O) groups excluding carboxylic acids is 1. The highest BCUT2D eigenvalue weighted by molar-refractivity contribution is 5.82. The Labute approximate surface area is 114 Å². The molecule has 1 N–H and O–H groups in total. The molecule has 19 heavy (non-hydrogen) atoms. The van der Waals surface area contributed by atoms with Gasteiger partial charge in [0.05, 0.1) is 0 Å². The lowest BCUT2D eigenvalue weighted by atomic mass is 10.1. The average Bonchev–Trinajstić information content (AvgIpc) is 2.80. The number of benzene rings is 1. The van der Waals surface area contributed by atoms with Crippen molar-refractivity contribution in [1.82, 2.24) is 4.98 Å². The number of rotatable bonds is 7. The number of fused-ring (bicyclic) bond motifs is 1. The third kappa shape index (κ3) is 4.12. The molecule has 2 aromatic rings. The second kappa shape index (κ2) is 6.98. The Morgan fingerprint density at radius 3 is 2.74 bits per heavy atom. The number of nitrogens with one attached hydrogen (secondary N) is 1. The summed E-state index contributed by atoms with van der Waals surface area (Å²) >= 11 is 0. The Morgan fingerprint density at radius 1 is 1.16 bits per heavy atom. The van der Waals surface area contributed by atoms with Gasteiger partial charge in [-0.05, 0) is 12.5 Å². The molecule has 3 nitrogen and oxygen atoms in total. The maximum Gasteiger partial charge on any atom is 0.312 e. The highest BCUT2D eigenvalue weighted by Gasteiger charge is 2.07. The van der Waals surface area contributed by atoms with Crippen LogP contribution < -0.4 is 4.74 Å². The third-order valence-corrected chi connectivity index (χ3v) is 3.21. The quantitative estimate of drug-likeness (QED) is 0.590. The van der Waals surface area contributed by atoms with Gasteiger partial charge in [-0.15, -0.1) is 0 Å². The minimum absolute atomic E-state index is 0.150. The molecular weight excluding hydrogens is 238 g/mol. The van der Waals surface area contributed by atoms with Gasteiger partial charge in [-0.25, -0.2) is 0 Å². The first kappa shape index (κ1) is 13.7. The van der Waals surface area contributed by atoms with Crippen molar-refractivity contribution >= 4 is 16.9 Å². The molecule has 102 valence electrons. The molecule has 0 aliphatic rings. The molecule has 0 saturated carbocycles. The summed E-state index contributed by atoms with van der Waals surface area (Å²) in [5.74, 6) is 0.391. The van der Waals surface area contributed by atoms with Crippen LogP contribution in [0.15, 0.2) is 30.3 Å². The molecule has 0 aliphatic heterocycles. The Bertz CT molecular complexity index is 497. The summed E-state index contributed by atoms with van der Waals surface area (Å²) < 4.78 is 5.31. The van der Waals surface area contributed by atoms with E-state index in [2.05, 4.69) is 11.9 Å². The van der Waals surface area contributed by atoms with Gasteiger partial charge in [0.15, 0.2) is 0 Å². The summed E-state index contributed by atoms with van der Waals surface area (Å²) in [6.07, 6.45) is 6.19. The third-order valence-electron chi connectivity index (χ3n) is 3.21. The van der Waals surface area contributed by atoms with Crippen molar-refractivity contribution in [3.63, 3.8) is 0 Å². The summed E-state index contributed by atoms with van der Waals surface area (Å²) in [6.45, 7) is 2.18. The van der Waals surface area contributed by atoms with E-state index in [1.807, 2.05) is 30.3 Å². The van der Waals surface area contributed by atoms with Crippen LogP contribution >= 0.6 is 0 Å². The molecule has 1 aromatic heterocycles. The molecule has 0 spiro atoms. The number of aromatic nitrogens is 1. The van der Waals surface area contributed by atoms with E-state index in [1.165, 1.54) is 19.3 Å². The number of para-hydroxylation sites is 1. The summed E-state index contributed by atoms with van der Waals surface area (Å²) in [6, 6.07) is 9.75. The lowest BCUT2D eigenvalue weighted by molar-refractivity contribution is -0.134. The van der Waals surface area contributed by atoms with Gasteiger partial charge in [-0.1, -0.05) is 50.8 Å². The molecule has 0 bridgehead atoms. The number of hydrogen-bond acceptors (Lipinski definition) is 2. The number of ether oxygens (including phenoxy) is 1. The smallest absolute Gasteiger partial charge is 0.312 e. The Kier molecular flexibility index (Phi) is 5.01. The van der Waals surface area contributed by atoms with Crippen molar-refractivity contribution < 1.29 is 9.53 Å². The van der Waals surface area contributed by atoms with Crippen molar-refractivity contribution in [3.8, 4) is 5.88 Å². The Balaban J connectivity index is 1.78. The van der Waals surface area contributed by atoms with Gasteiger partial charge in [-0.2, -0.15) is 0 Å². The van der Waals surface area contributed by atoms with Crippen LogP contribution in [0, 0.1) is 0 Å². The fourth-order valence-corrected chi connectivity index (χ4v) is 2.15. The number of hydrogen-bond donors (Lipinski definition) is 1. The zero-order chi connectivity index (χ0) is 13.5.